The fourth-order valence-electron chi connectivity index (χ4n) is 4.53. The van der Waals surface area contributed by atoms with E-state index in [1.54, 1.807) is 11.9 Å². The maximum Gasteiger partial charge on any atom is 0.252 e. The zero-order valence-electron chi connectivity index (χ0n) is 17.8. The first-order chi connectivity index (χ1) is 15.1. The third kappa shape index (κ3) is 4.69. The molecular formula is C25H28FN3OS. The van der Waals surface area contributed by atoms with Crippen molar-refractivity contribution in [2.45, 2.75) is 51.1 Å². The molecule has 4 nitrogen and oxygen atoms in total. The molecule has 162 valence electrons. The van der Waals surface area contributed by atoms with Gasteiger partial charge in [0.15, 0.2) is 0 Å². The average Bonchev–Trinajstić information content (AvgIpc) is 2.93. The fraction of sp³-hybridized carbons (Fsp3) is 0.400. The smallest absolute Gasteiger partial charge is 0.252 e. The van der Waals surface area contributed by atoms with Gasteiger partial charge in [-0.3, -0.25) is 4.79 Å². The van der Waals surface area contributed by atoms with Crippen molar-refractivity contribution in [3.8, 4) is 0 Å². The SMILES string of the molecule is CN1C(=S)C(N(F)C(=O)CCC2CCCCC2)N=C(c2ccccc2)c2ccccc21. The van der Waals surface area contributed by atoms with E-state index in [1.807, 2.05) is 54.6 Å². The van der Waals surface area contributed by atoms with E-state index in [2.05, 4.69) is 0 Å². The lowest BCUT2D eigenvalue weighted by Crippen LogP contribution is -2.44. The van der Waals surface area contributed by atoms with Crippen molar-refractivity contribution in [2.24, 2.45) is 10.9 Å². The minimum absolute atomic E-state index is 0.188. The molecule has 0 radical (unpaired) electrons. The fourth-order valence-corrected chi connectivity index (χ4v) is 4.77. The van der Waals surface area contributed by atoms with Crippen molar-refractivity contribution in [3.63, 3.8) is 0 Å². The molecular weight excluding hydrogens is 409 g/mol. The van der Waals surface area contributed by atoms with E-state index in [0.717, 1.165) is 36.1 Å². The molecule has 1 atom stereocenters. The number of carbonyl (C=O) groups excluding carboxylic acids is 1. The number of halogens is 1. The Bertz CT molecular complexity index is 972. The molecule has 2 aromatic carbocycles. The first-order valence-corrected chi connectivity index (χ1v) is 11.4. The molecule has 1 amide bonds. The van der Waals surface area contributed by atoms with Crippen LogP contribution in [0, 0.1) is 5.92 Å². The van der Waals surface area contributed by atoms with E-state index >= 15 is 4.48 Å². The van der Waals surface area contributed by atoms with Gasteiger partial charge in [-0.15, -0.1) is 5.12 Å². The molecule has 0 N–H and O–H groups in total. The topological polar surface area (TPSA) is 35.9 Å². The highest BCUT2D eigenvalue weighted by molar-refractivity contribution is 7.80. The van der Waals surface area contributed by atoms with E-state index in [0.29, 0.717) is 11.6 Å². The number of anilines is 1. The summed E-state index contributed by atoms with van der Waals surface area (Å²) in [6, 6.07) is 17.4. The number of fused-ring (bicyclic) bond motifs is 1. The Morgan fingerprint density at radius 2 is 1.77 bits per heavy atom. The quantitative estimate of drug-likeness (QED) is 0.445. The predicted octanol–water partition coefficient (Wildman–Crippen LogP) is 5.70. The van der Waals surface area contributed by atoms with Gasteiger partial charge in [0, 0.05) is 24.6 Å². The van der Waals surface area contributed by atoms with Crippen LogP contribution in [0.5, 0.6) is 0 Å². The molecule has 0 saturated heterocycles. The molecule has 0 aromatic heterocycles. The van der Waals surface area contributed by atoms with Crippen LogP contribution in [-0.4, -0.2) is 34.9 Å². The van der Waals surface area contributed by atoms with Crippen LogP contribution < -0.4 is 4.90 Å². The molecule has 0 spiro atoms. The van der Waals surface area contributed by atoms with Crippen molar-refractivity contribution in [1.29, 1.82) is 0 Å². The summed E-state index contributed by atoms with van der Waals surface area (Å²) in [7, 11) is 1.80. The van der Waals surface area contributed by atoms with E-state index in [1.165, 1.54) is 19.3 Å². The number of benzodiazepines with no additional fused rings is 1. The van der Waals surface area contributed by atoms with Gasteiger partial charge in [0.2, 0.25) is 6.17 Å². The van der Waals surface area contributed by atoms with E-state index < -0.39 is 12.1 Å². The number of hydrogen-bond acceptors (Lipinski definition) is 3. The van der Waals surface area contributed by atoms with Crippen LogP contribution in [0.3, 0.4) is 0 Å². The van der Waals surface area contributed by atoms with Gasteiger partial charge in [0.05, 0.1) is 11.4 Å². The first-order valence-electron chi connectivity index (χ1n) is 11.0. The lowest BCUT2D eigenvalue weighted by atomic mass is 9.86. The second-order valence-corrected chi connectivity index (χ2v) is 8.80. The number of hydrogen-bond donors (Lipinski definition) is 0. The minimum atomic E-state index is -1.17. The third-order valence-corrected chi connectivity index (χ3v) is 6.80. The number of rotatable bonds is 5. The number of carbonyl (C=O) groups is 1. The summed E-state index contributed by atoms with van der Waals surface area (Å²) in [5.41, 5.74) is 3.21. The Morgan fingerprint density at radius 1 is 1.10 bits per heavy atom. The zero-order chi connectivity index (χ0) is 21.8. The number of thiocarbonyl (C=S) groups is 1. The second-order valence-electron chi connectivity index (χ2n) is 8.38. The summed E-state index contributed by atoms with van der Waals surface area (Å²) in [5, 5.41) is 0.247. The van der Waals surface area contributed by atoms with E-state index in [9.17, 15) is 4.79 Å². The Balaban J connectivity index is 1.63. The largest absolute Gasteiger partial charge is 0.335 e. The van der Waals surface area contributed by atoms with Crippen LogP contribution in [0.25, 0.3) is 0 Å². The van der Waals surface area contributed by atoms with Crippen molar-refractivity contribution in [1.82, 2.24) is 5.12 Å². The van der Waals surface area contributed by atoms with Crippen LogP contribution >= 0.6 is 12.2 Å². The Labute approximate surface area is 188 Å². The minimum Gasteiger partial charge on any atom is -0.335 e. The lowest BCUT2D eigenvalue weighted by molar-refractivity contribution is -0.149. The number of amides is 1. The van der Waals surface area contributed by atoms with Gasteiger partial charge in [-0.2, -0.15) is 0 Å². The molecule has 31 heavy (non-hydrogen) atoms. The number of para-hydroxylation sites is 1. The van der Waals surface area contributed by atoms with Gasteiger partial charge in [-0.1, -0.05) is 97.3 Å². The van der Waals surface area contributed by atoms with Gasteiger partial charge in [0.25, 0.3) is 5.91 Å². The van der Waals surface area contributed by atoms with Gasteiger partial charge in [-0.05, 0) is 18.4 Å². The van der Waals surface area contributed by atoms with E-state index in [4.69, 9.17) is 17.2 Å². The van der Waals surface area contributed by atoms with Crippen LogP contribution in [0.1, 0.15) is 56.1 Å². The van der Waals surface area contributed by atoms with E-state index in [-0.39, 0.29) is 16.5 Å². The van der Waals surface area contributed by atoms with Crippen LogP contribution in [-0.2, 0) is 4.79 Å². The van der Waals surface area contributed by atoms with Crippen molar-refractivity contribution in [3.05, 3.63) is 65.7 Å². The first kappa shape index (κ1) is 21.6. The zero-order valence-corrected chi connectivity index (χ0v) is 18.7. The maximum absolute atomic E-state index is 15.4. The Morgan fingerprint density at radius 3 is 2.52 bits per heavy atom. The monoisotopic (exact) mass is 437 g/mol. The van der Waals surface area contributed by atoms with Gasteiger partial charge in [0.1, 0.15) is 4.99 Å². The number of likely N-dealkylation sites (N-methyl/N-ethyl adjacent to an activating group) is 1. The second kappa shape index (κ2) is 9.69. The van der Waals surface area contributed by atoms with Crippen molar-refractivity contribution >= 4 is 34.5 Å². The number of nitrogens with zero attached hydrogens (tertiary/aromatic N) is 3. The van der Waals surface area contributed by atoms with Crippen LogP contribution in [0.15, 0.2) is 59.6 Å². The Kier molecular flexibility index (Phi) is 6.76. The maximum atomic E-state index is 15.4. The summed E-state index contributed by atoms with van der Waals surface area (Å²) >= 11 is 5.61. The van der Waals surface area contributed by atoms with Gasteiger partial charge in [-0.25, -0.2) is 4.99 Å². The van der Waals surface area contributed by atoms with Crippen LogP contribution in [0.4, 0.5) is 10.2 Å². The molecule has 2 aliphatic rings. The molecule has 0 bridgehead atoms. The summed E-state index contributed by atoms with van der Waals surface area (Å²) < 4.78 is 15.4. The molecule has 1 aliphatic heterocycles. The molecule has 6 heteroatoms. The summed E-state index contributed by atoms with van der Waals surface area (Å²) in [6.07, 6.45) is 5.70. The molecule has 1 saturated carbocycles. The lowest BCUT2D eigenvalue weighted by Gasteiger charge is -2.27. The van der Waals surface area contributed by atoms with Crippen molar-refractivity contribution in [2.75, 3.05) is 11.9 Å². The standard InChI is InChI=1S/C25H28FN3OS/c1-28-21-15-9-8-14-20(21)23(19-12-6-3-7-13-19)27-24(25(28)31)29(26)22(30)17-16-18-10-4-2-5-11-18/h3,6-9,12-15,18,24H,2,4-5,10-11,16-17H2,1H3. The van der Waals surface area contributed by atoms with Gasteiger partial charge < -0.3 is 4.90 Å². The van der Waals surface area contributed by atoms with Crippen LogP contribution in [0.2, 0.25) is 0 Å². The highest BCUT2D eigenvalue weighted by Crippen LogP contribution is 2.31. The third-order valence-electron chi connectivity index (χ3n) is 6.31. The summed E-state index contributed by atoms with van der Waals surface area (Å²) in [5.74, 6) is -0.0315. The molecule has 1 unspecified atom stereocenters. The molecule has 1 fully saturated rings. The Hall–Kier alpha value is -2.60. The number of aliphatic imine (C=N–C) groups is 1. The average molecular weight is 438 g/mol. The summed E-state index contributed by atoms with van der Waals surface area (Å²) in [4.78, 5) is 19.5. The molecule has 4 rings (SSSR count). The summed E-state index contributed by atoms with van der Waals surface area (Å²) in [6.45, 7) is 0. The van der Waals surface area contributed by atoms with Crippen molar-refractivity contribution < 1.29 is 9.28 Å². The highest BCUT2D eigenvalue weighted by atomic mass is 32.1. The molecule has 1 aliphatic carbocycles. The molecule has 1 heterocycles. The van der Waals surface area contributed by atoms with Gasteiger partial charge >= 0.3 is 0 Å². The number of benzene rings is 2. The highest BCUT2D eigenvalue weighted by Gasteiger charge is 2.34. The normalized spacial score (nSPS) is 19.4. The predicted molar refractivity (Wildman–Crippen MR) is 127 cm³/mol. The molecule has 2 aromatic rings.